The summed E-state index contributed by atoms with van der Waals surface area (Å²) in [5.41, 5.74) is 1.17. The Hall–Kier alpha value is -1.91. The highest BCUT2D eigenvalue weighted by Gasteiger charge is 2.04. The second-order valence-electron chi connectivity index (χ2n) is 3.03. The van der Waals surface area contributed by atoms with Crippen LogP contribution in [0.25, 0.3) is 5.69 Å². The molecule has 0 atom stereocenters. The van der Waals surface area contributed by atoms with Crippen molar-refractivity contribution < 1.29 is 4.42 Å². The summed E-state index contributed by atoms with van der Waals surface area (Å²) in [5, 5.41) is 7.59. The van der Waals surface area contributed by atoms with Gasteiger partial charge in [-0.1, -0.05) is 5.21 Å². The minimum Gasteiger partial charge on any atom is -0.428 e. The zero-order valence-corrected chi connectivity index (χ0v) is 7.89. The first kappa shape index (κ1) is 8.68. The molecule has 0 N–H and O–H groups in total. The summed E-state index contributed by atoms with van der Waals surface area (Å²) in [5.74, 6) is 0.558. The highest BCUT2D eigenvalue weighted by atomic mass is 16.4. The minimum absolute atomic E-state index is 0.380. The molecular formula is C9H9N3O2. The van der Waals surface area contributed by atoms with E-state index in [9.17, 15) is 4.79 Å². The summed E-state index contributed by atoms with van der Waals surface area (Å²) >= 11 is 0. The van der Waals surface area contributed by atoms with Gasteiger partial charge >= 0.3 is 5.63 Å². The minimum atomic E-state index is -0.380. The molecule has 0 saturated heterocycles. The van der Waals surface area contributed by atoms with Gasteiger partial charge < -0.3 is 4.42 Å². The first-order valence-electron chi connectivity index (χ1n) is 4.16. The van der Waals surface area contributed by atoms with E-state index >= 15 is 0 Å². The smallest absolute Gasteiger partial charge is 0.338 e. The zero-order chi connectivity index (χ0) is 10.1. The Labute approximate surface area is 80.0 Å². The summed E-state index contributed by atoms with van der Waals surface area (Å²) in [4.78, 5) is 11.1. The fourth-order valence-electron chi connectivity index (χ4n) is 1.25. The predicted molar refractivity (Wildman–Crippen MR) is 49.4 cm³/mol. The summed E-state index contributed by atoms with van der Waals surface area (Å²) in [6, 6.07) is 3.12. The van der Waals surface area contributed by atoms with E-state index < -0.39 is 0 Å². The van der Waals surface area contributed by atoms with Gasteiger partial charge in [0.05, 0.1) is 17.6 Å². The molecule has 14 heavy (non-hydrogen) atoms. The van der Waals surface area contributed by atoms with Crippen LogP contribution in [0.3, 0.4) is 0 Å². The number of aryl methyl sites for hydroxylation is 2. The second-order valence-corrected chi connectivity index (χ2v) is 3.03. The van der Waals surface area contributed by atoms with E-state index in [1.165, 1.54) is 6.07 Å². The van der Waals surface area contributed by atoms with Crippen LogP contribution in [0, 0.1) is 13.8 Å². The van der Waals surface area contributed by atoms with Gasteiger partial charge in [0, 0.05) is 12.1 Å². The highest BCUT2D eigenvalue weighted by molar-refractivity contribution is 5.30. The van der Waals surface area contributed by atoms with Crippen LogP contribution >= 0.6 is 0 Å². The van der Waals surface area contributed by atoms with Crippen LogP contribution in [0.2, 0.25) is 0 Å². The van der Waals surface area contributed by atoms with Gasteiger partial charge in [-0.15, -0.1) is 5.10 Å². The zero-order valence-electron chi connectivity index (χ0n) is 7.89. The maximum atomic E-state index is 11.1. The molecular weight excluding hydrogens is 182 g/mol. The van der Waals surface area contributed by atoms with E-state index in [0.29, 0.717) is 11.4 Å². The lowest BCUT2D eigenvalue weighted by Crippen LogP contribution is -2.05. The molecule has 0 radical (unpaired) electrons. The molecule has 0 aromatic carbocycles. The molecule has 0 aliphatic heterocycles. The van der Waals surface area contributed by atoms with Crippen LogP contribution in [0.4, 0.5) is 0 Å². The first-order valence-corrected chi connectivity index (χ1v) is 4.16. The van der Waals surface area contributed by atoms with Gasteiger partial charge in [-0.2, -0.15) is 0 Å². The van der Waals surface area contributed by atoms with Crippen molar-refractivity contribution in [2.24, 2.45) is 0 Å². The Bertz CT molecular complexity index is 513. The van der Waals surface area contributed by atoms with E-state index in [1.54, 1.807) is 23.9 Å². The Kier molecular flexibility index (Phi) is 1.92. The number of hydrogen-bond acceptors (Lipinski definition) is 4. The normalized spacial score (nSPS) is 10.4. The van der Waals surface area contributed by atoms with Crippen molar-refractivity contribution in [3.63, 3.8) is 0 Å². The van der Waals surface area contributed by atoms with Crippen LogP contribution in [-0.4, -0.2) is 15.0 Å². The highest BCUT2D eigenvalue weighted by Crippen LogP contribution is 2.07. The SMILES string of the molecule is Cc1cc(-n2nncc2C)cc(=O)o1. The monoisotopic (exact) mass is 191 g/mol. The van der Waals surface area contributed by atoms with Crippen molar-refractivity contribution in [1.82, 2.24) is 15.0 Å². The summed E-state index contributed by atoms with van der Waals surface area (Å²) in [6.45, 7) is 3.58. The summed E-state index contributed by atoms with van der Waals surface area (Å²) < 4.78 is 6.43. The lowest BCUT2D eigenvalue weighted by molar-refractivity contribution is 0.478. The Morgan fingerprint density at radius 3 is 2.71 bits per heavy atom. The van der Waals surface area contributed by atoms with Crippen molar-refractivity contribution in [2.75, 3.05) is 0 Å². The van der Waals surface area contributed by atoms with Gasteiger partial charge in [-0.05, 0) is 13.8 Å². The van der Waals surface area contributed by atoms with E-state index in [2.05, 4.69) is 10.3 Å². The van der Waals surface area contributed by atoms with Crippen molar-refractivity contribution in [3.05, 3.63) is 40.2 Å². The van der Waals surface area contributed by atoms with Gasteiger partial charge in [-0.3, -0.25) is 0 Å². The van der Waals surface area contributed by atoms with Crippen LogP contribution in [-0.2, 0) is 0 Å². The standard InChI is InChI=1S/C9H9N3O2/c1-6-5-10-11-12(6)8-3-7(2)14-9(13)4-8/h3-5H,1-2H3. The van der Waals surface area contributed by atoms with Gasteiger partial charge in [0.15, 0.2) is 0 Å². The van der Waals surface area contributed by atoms with Crippen LogP contribution in [0.1, 0.15) is 11.5 Å². The number of aromatic nitrogens is 3. The largest absolute Gasteiger partial charge is 0.428 e. The average Bonchev–Trinajstić information content (AvgIpc) is 2.49. The molecule has 0 aliphatic carbocycles. The number of hydrogen-bond donors (Lipinski definition) is 0. The van der Waals surface area contributed by atoms with Gasteiger partial charge in [0.25, 0.3) is 0 Å². The van der Waals surface area contributed by atoms with Crippen LogP contribution in [0.5, 0.6) is 0 Å². The molecule has 0 bridgehead atoms. The molecule has 2 rings (SSSR count). The van der Waals surface area contributed by atoms with E-state index in [-0.39, 0.29) is 5.63 Å². The Morgan fingerprint density at radius 2 is 2.14 bits per heavy atom. The van der Waals surface area contributed by atoms with E-state index in [1.807, 2.05) is 6.92 Å². The molecule has 0 amide bonds. The van der Waals surface area contributed by atoms with Gasteiger partial charge in [0.2, 0.25) is 0 Å². The topological polar surface area (TPSA) is 60.9 Å². The molecule has 0 saturated carbocycles. The molecule has 2 heterocycles. The fraction of sp³-hybridized carbons (Fsp3) is 0.222. The maximum absolute atomic E-state index is 11.1. The van der Waals surface area contributed by atoms with Crippen LogP contribution < -0.4 is 5.63 Å². The number of rotatable bonds is 1. The first-order chi connectivity index (χ1) is 6.66. The molecule has 0 spiro atoms. The summed E-state index contributed by atoms with van der Waals surface area (Å²) in [6.07, 6.45) is 1.63. The lowest BCUT2D eigenvalue weighted by atomic mass is 10.3. The van der Waals surface area contributed by atoms with Crippen LogP contribution in [0.15, 0.2) is 27.5 Å². The Balaban J connectivity index is 2.63. The quantitative estimate of drug-likeness (QED) is 0.670. The second kappa shape index (κ2) is 3.10. The van der Waals surface area contributed by atoms with Gasteiger partial charge in [0.1, 0.15) is 5.76 Å². The van der Waals surface area contributed by atoms with Gasteiger partial charge in [-0.25, -0.2) is 9.48 Å². The molecule has 2 aromatic heterocycles. The van der Waals surface area contributed by atoms with Crippen molar-refractivity contribution >= 4 is 0 Å². The molecule has 72 valence electrons. The third kappa shape index (κ3) is 1.44. The molecule has 5 heteroatoms. The molecule has 5 nitrogen and oxygen atoms in total. The molecule has 0 unspecified atom stereocenters. The third-order valence-corrected chi connectivity index (χ3v) is 1.84. The van der Waals surface area contributed by atoms with E-state index in [0.717, 1.165) is 5.69 Å². The van der Waals surface area contributed by atoms with Crippen molar-refractivity contribution in [3.8, 4) is 5.69 Å². The number of nitrogens with zero attached hydrogens (tertiary/aromatic N) is 3. The maximum Gasteiger partial charge on any atom is 0.338 e. The Morgan fingerprint density at radius 1 is 1.36 bits per heavy atom. The predicted octanol–water partition coefficient (Wildman–Crippen LogP) is 0.837. The van der Waals surface area contributed by atoms with E-state index in [4.69, 9.17) is 4.42 Å². The average molecular weight is 191 g/mol. The molecule has 2 aromatic rings. The summed E-state index contributed by atoms with van der Waals surface area (Å²) in [7, 11) is 0. The lowest BCUT2D eigenvalue weighted by Gasteiger charge is -2.01. The van der Waals surface area contributed by atoms with Crippen molar-refractivity contribution in [2.45, 2.75) is 13.8 Å². The third-order valence-electron chi connectivity index (χ3n) is 1.84. The molecule has 0 fully saturated rings. The fourth-order valence-corrected chi connectivity index (χ4v) is 1.25. The van der Waals surface area contributed by atoms with Crippen molar-refractivity contribution in [1.29, 1.82) is 0 Å². The molecule has 0 aliphatic rings.